The smallest absolute Gasteiger partial charge is 0.180 e. The SMILES string of the molecule is c1ccc(-c2ccc(-c3cccc(-c4ccc5oc6c(-c7cccc(-c8cccc9oc%10ccccc%10c89)c7)ncnc6c5c4)c3)cc2)cc1. The fourth-order valence-corrected chi connectivity index (χ4v) is 7.17. The first-order chi connectivity index (χ1) is 24.8. The highest BCUT2D eigenvalue weighted by Crippen LogP contribution is 2.40. The number of benzene rings is 7. The second-order valence-electron chi connectivity index (χ2n) is 12.6. The van der Waals surface area contributed by atoms with Crippen LogP contribution in [0, 0.1) is 0 Å². The monoisotopic (exact) mass is 640 g/mol. The predicted molar refractivity (Wildman–Crippen MR) is 204 cm³/mol. The van der Waals surface area contributed by atoms with E-state index in [2.05, 4.69) is 127 Å². The largest absolute Gasteiger partial charge is 0.456 e. The average molecular weight is 641 g/mol. The summed E-state index contributed by atoms with van der Waals surface area (Å²) in [5.41, 5.74) is 14.9. The zero-order chi connectivity index (χ0) is 33.0. The Bertz CT molecular complexity index is 2860. The normalized spacial score (nSPS) is 11.6. The van der Waals surface area contributed by atoms with E-state index in [1.165, 1.54) is 22.3 Å². The fraction of sp³-hybridized carbons (Fsp3) is 0. The molecule has 0 N–H and O–H groups in total. The molecule has 0 aliphatic carbocycles. The molecular formula is C46H28N2O2. The van der Waals surface area contributed by atoms with Crippen LogP contribution < -0.4 is 0 Å². The Hall–Kier alpha value is -6.78. The molecule has 10 rings (SSSR count). The van der Waals surface area contributed by atoms with Gasteiger partial charge in [0.25, 0.3) is 0 Å². The molecule has 0 fully saturated rings. The van der Waals surface area contributed by atoms with Gasteiger partial charge in [-0.05, 0) is 80.9 Å². The van der Waals surface area contributed by atoms with Gasteiger partial charge < -0.3 is 8.83 Å². The first-order valence-corrected chi connectivity index (χ1v) is 16.7. The molecule has 0 unspecified atom stereocenters. The summed E-state index contributed by atoms with van der Waals surface area (Å²) in [6, 6.07) is 57.1. The molecule has 3 aromatic heterocycles. The quantitative estimate of drug-likeness (QED) is 0.188. The summed E-state index contributed by atoms with van der Waals surface area (Å²) in [5, 5.41) is 3.18. The number of para-hydroxylation sites is 1. The molecule has 4 nitrogen and oxygen atoms in total. The second kappa shape index (κ2) is 11.4. The molecule has 0 aliphatic rings. The number of aromatic nitrogens is 2. The van der Waals surface area contributed by atoms with Gasteiger partial charge in [-0.3, -0.25) is 0 Å². The molecule has 0 bridgehead atoms. The van der Waals surface area contributed by atoms with Crippen LogP contribution in [0.2, 0.25) is 0 Å². The lowest BCUT2D eigenvalue weighted by Crippen LogP contribution is -1.88. The molecule has 0 saturated carbocycles. The van der Waals surface area contributed by atoms with Gasteiger partial charge in [0.2, 0.25) is 0 Å². The Balaban J connectivity index is 1.02. The standard InChI is InChI=1S/C46H28N2O2/c1-2-9-29(10-3-1)30-19-21-31(22-20-30)32-11-6-12-33(25-32)34-23-24-41-39(27-34)45-46(50-41)44(47-28-48-45)36-14-7-13-35(26-36)37-16-8-18-42-43(37)38-15-4-5-17-40(38)49-42/h1-28H. The lowest BCUT2D eigenvalue weighted by Gasteiger charge is -2.08. The van der Waals surface area contributed by atoms with Crippen molar-refractivity contribution in [2.24, 2.45) is 0 Å². The molecule has 0 saturated heterocycles. The zero-order valence-electron chi connectivity index (χ0n) is 26.9. The van der Waals surface area contributed by atoms with Gasteiger partial charge in [0.05, 0.1) is 0 Å². The first kappa shape index (κ1) is 28.3. The van der Waals surface area contributed by atoms with Gasteiger partial charge in [0.1, 0.15) is 34.3 Å². The summed E-state index contributed by atoms with van der Waals surface area (Å²) < 4.78 is 12.7. The molecule has 0 aliphatic heterocycles. The van der Waals surface area contributed by atoms with Crippen LogP contribution in [0.4, 0.5) is 0 Å². The van der Waals surface area contributed by atoms with Gasteiger partial charge in [-0.25, -0.2) is 9.97 Å². The second-order valence-corrected chi connectivity index (χ2v) is 12.6. The van der Waals surface area contributed by atoms with Crippen molar-refractivity contribution in [2.75, 3.05) is 0 Å². The summed E-state index contributed by atoms with van der Waals surface area (Å²) >= 11 is 0. The Labute approximate surface area is 287 Å². The van der Waals surface area contributed by atoms with Gasteiger partial charge >= 0.3 is 0 Å². The van der Waals surface area contributed by atoms with Crippen molar-refractivity contribution in [1.82, 2.24) is 9.97 Å². The minimum atomic E-state index is 0.677. The van der Waals surface area contributed by atoms with Crippen LogP contribution in [0.1, 0.15) is 0 Å². The van der Waals surface area contributed by atoms with E-state index >= 15 is 0 Å². The van der Waals surface area contributed by atoms with Crippen molar-refractivity contribution < 1.29 is 8.83 Å². The Kier molecular flexibility index (Phi) is 6.46. The molecule has 3 heterocycles. The van der Waals surface area contributed by atoms with Gasteiger partial charge in [-0.1, -0.05) is 127 Å². The molecule has 50 heavy (non-hydrogen) atoms. The molecule has 7 aromatic carbocycles. The molecule has 0 amide bonds. The van der Waals surface area contributed by atoms with E-state index in [0.29, 0.717) is 5.58 Å². The van der Waals surface area contributed by atoms with Crippen LogP contribution in [0.5, 0.6) is 0 Å². The van der Waals surface area contributed by atoms with Crippen LogP contribution in [-0.2, 0) is 0 Å². The van der Waals surface area contributed by atoms with Gasteiger partial charge in [0.15, 0.2) is 5.58 Å². The third-order valence-corrected chi connectivity index (χ3v) is 9.62. The molecular weight excluding hydrogens is 613 g/mol. The summed E-state index contributed by atoms with van der Waals surface area (Å²) in [7, 11) is 0. The zero-order valence-corrected chi connectivity index (χ0v) is 26.9. The molecule has 0 spiro atoms. The number of furan rings is 2. The minimum absolute atomic E-state index is 0.677. The van der Waals surface area contributed by atoms with E-state index in [-0.39, 0.29) is 0 Å². The van der Waals surface area contributed by atoms with Crippen molar-refractivity contribution in [3.63, 3.8) is 0 Å². The summed E-state index contributed by atoms with van der Waals surface area (Å²) in [6.07, 6.45) is 1.63. The third kappa shape index (κ3) is 4.69. The molecule has 10 aromatic rings. The Morgan fingerprint density at radius 1 is 0.360 bits per heavy atom. The Morgan fingerprint density at radius 3 is 1.80 bits per heavy atom. The van der Waals surface area contributed by atoms with Crippen LogP contribution in [-0.4, -0.2) is 9.97 Å². The minimum Gasteiger partial charge on any atom is -0.456 e. The number of nitrogens with zero attached hydrogens (tertiary/aromatic N) is 2. The van der Waals surface area contributed by atoms with Crippen LogP contribution in [0.25, 0.3) is 99.8 Å². The highest BCUT2D eigenvalue weighted by molar-refractivity contribution is 6.13. The number of rotatable bonds is 5. The third-order valence-electron chi connectivity index (χ3n) is 9.62. The van der Waals surface area contributed by atoms with E-state index < -0.39 is 0 Å². The topological polar surface area (TPSA) is 52.1 Å². The van der Waals surface area contributed by atoms with Crippen molar-refractivity contribution in [1.29, 1.82) is 0 Å². The van der Waals surface area contributed by atoms with E-state index in [1.54, 1.807) is 6.33 Å². The van der Waals surface area contributed by atoms with Crippen molar-refractivity contribution in [3.05, 3.63) is 170 Å². The van der Waals surface area contributed by atoms with Crippen molar-refractivity contribution in [2.45, 2.75) is 0 Å². The molecule has 4 heteroatoms. The summed E-state index contributed by atoms with van der Waals surface area (Å²) in [5.74, 6) is 0. The van der Waals surface area contributed by atoms with Gasteiger partial charge in [-0.15, -0.1) is 0 Å². The van der Waals surface area contributed by atoms with E-state index in [0.717, 1.165) is 71.9 Å². The predicted octanol–water partition coefficient (Wildman–Crippen LogP) is 12.6. The number of hydrogen-bond acceptors (Lipinski definition) is 4. The molecule has 0 radical (unpaired) electrons. The van der Waals surface area contributed by atoms with E-state index in [4.69, 9.17) is 18.8 Å². The average Bonchev–Trinajstić information content (AvgIpc) is 3.77. The highest BCUT2D eigenvalue weighted by Gasteiger charge is 2.18. The maximum absolute atomic E-state index is 6.49. The van der Waals surface area contributed by atoms with Crippen molar-refractivity contribution in [3.8, 4) is 55.8 Å². The maximum atomic E-state index is 6.49. The summed E-state index contributed by atoms with van der Waals surface area (Å²) in [4.78, 5) is 9.46. The van der Waals surface area contributed by atoms with E-state index in [1.807, 2.05) is 36.4 Å². The van der Waals surface area contributed by atoms with E-state index in [9.17, 15) is 0 Å². The van der Waals surface area contributed by atoms with Crippen LogP contribution in [0.15, 0.2) is 179 Å². The van der Waals surface area contributed by atoms with Crippen LogP contribution in [0.3, 0.4) is 0 Å². The summed E-state index contributed by atoms with van der Waals surface area (Å²) in [6.45, 7) is 0. The Morgan fingerprint density at radius 2 is 0.940 bits per heavy atom. The maximum Gasteiger partial charge on any atom is 0.180 e. The molecule has 234 valence electrons. The van der Waals surface area contributed by atoms with Crippen LogP contribution >= 0.6 is 0 Å². The van der Waals surface area contributed by atoms with Crippen molar-refractivity contribution >= 4 is 44.0 Å². The number of hydrogen-bond donors (Lipinski definition) is 0. The van der Waals surface area contributed by atoms with Gasteiger partial charge in [0, 0.05) is 21.7 Å². The lowest BCUT2D eigenvalue weighted by molar-refractivity contribution is 0.667. The lowest BCUT2D eigenvalue weighted by atomic mass is 9.96. The first-order valence-electron chi connectivity index (χ1n) is 16.7. The molecule has 0 atom stereocenters. The van der Waals surface area contributed by atoms with Gasteiger partial charge in [-0.2, -0.15) is 0 Å². The fourth-order valence-electron chi connectivity index (χ4n) is 7.17. The highest BCUT2D eigenvalue weighted by atomic mass is 16.3. The number of fused-ring (bicyclic) bond motifs is 6.